The Labute approximate surface area is 95.3 Å². The summed E-state index contributed by atoms with van der Waals surface area (Å²) < 4.78 is 4.74. The molecule has 3 nitrogen and oxygen atoms in total. The second kappa shape index (κ2) is 6.90. The number of esters is 1. The van der Waals surface area contributed by atoms with Gasteiger partial charge in [-0.1, -0.05) is 12.1 Å². The molecule has 1 aromatic rings. The van der Waals surface area contributed by atoms with E-state index in [0.717, 1.165) is 5.56 Å². The predicted molar refractivity (Wildman–Crippen MR) is 63.8 cm³/mol. The standard InChI is InChI=1S/C11H13NO2.ClH/c1-2-14-11(13)8-5-9-3-6-10(12)7-4-9;/h3-8H,2,12H2,1H3;1H. The van der Waals surface area contributed by atoms with E-state index in [1.807, 2.05) is 12.1 Å². The number of hydrogen-bond acceptors (Lipinski definition) is 3. The summed E-state index contributed by atoms with van der Waals surface area (Å²) >= 11 is 0. The van der Waals surface area contributed by atoms with Crippen LogP contribution >= 0.6 is 12.4 Å². The lowest BCUT2D eigenvalue weighted by atomic mass is 10.2. The van der Waals surface area contributed by atoms with Crippen molar-refractivity contribution in [2.75, 3.05) is 12.3 Å². The highest BCUT2D eigenvalue weighted by Crippen LogP contribution is 2.06. The Bertz CT molecular complexity index is 333. The molecule has 0 aliphatic carbocycles. The van der Waals surface area contributed by atoms with Crippen LogP contribution in [0.2, 0.25) is 0 Å². The second-order valence-electron chi connectivity index (χ2n) is 2.75. The van der Waals surface area contributed by atoms with Gasteiger partial charge in [0.25, 0.3) is 0 Å². The van der Waals surface area contributed by atoms with Crippen molar-refractivity contribution in [3.8, 4) is 0 Å². The highest BCUT2D eigenvalue weighted by molar-refractivity contribution is 5.87. The summed E-state index contributed by atoms with van der Waals surface area (Å²) in [5, 5.41) is 0. The number of ether oxygens (including phenoxy) is 1. The summed E-state index contributed by atoms with van der Waals surface area (Å²) in [7, 11) is 0. The number of carbonyl (C=O) groups excluding carboxylic acids is 1. The lowest BCUT2D eigenvalue weighted by Crippen LogP contribution is -1.98. The molecule has 0 unspecified atom stereocenters. The first-order valence-corrected chi connectivity index (χ1v) is 4.42. The summed E-state index contributed by atoms with van der Waals surface area (Å²) in [6.45, 7) is 2.17. The largest absolute Gasteiger partial charge is 0.463 e. The molecule has 0 aliphatic rings. The first-order valence-electron chi connectivity index (χ1n) is 4.42. The average molecular weight is 228 g/mol. The van der Waals surface area contributed by atoms with Crippen LogP contribution in [-0.4, -0.2) is 12.6 Å². The third kappa shape index (κ3) is 5.08. The fourth-order valence-corrected chi connectivity index (χ4v) is 0.962. The van der Waals surface area contributed by atoms with Gasteiger partial charge in [-0.3, -0.25) is 0 Å². The van der Waals surface area contributed by atoms with Crippen molar-refractivity contribution in [3.05, 3.63) is 35.9 Å². The van der Waals surface area contributed by atoms with Gasteiger partial charge in [0.1, 0.15) is 0 Å². The molecule has 0 saturated heterocycles. The Morgan fingerprint density at radius 2 is 2.00 bits per heavy atom. The molecule has 0 aromatic heterocycles. The Hall–Kier alpha value is -1.48. The summed E-state index contributed by atoms with van der Waals surface area (Å²) in [4.78, 5) is 10.9. The number of nitrogens with two attached hydrogens (primary N) is 1. The van der Waals surface area contributed by atoms with Crippen LogP contribution in [0.4, 0.5) is 5.69 Å². The van der Waals surface area contributed by atoms with Crippen molar-refractivity contribution in [1.82, 2.24) is 0 Å². The molecule has 82 valence electrons. The molecule has 0 heterocycles. The zero-order valence-electron chi connectivity index (χ0n) is 8.47. The first-order chi connectivity index (χ1) is 6.72. The monoisotopic (exact) mass is 227 g/mol. The van der Waals surface area contributed by atoms with Crippen LogP contribution in [-0.2, 0) is 9.53 Å². The van der Waals surface area contributed by atoms with Gasteiger partial charge in [0.05, 0.1) is 6.61 Å². The third-order valence-corrected chi connectivity index (χ3v) is 1.63. The van der Waals surface area contributed by atoms with Crippen molar-refractivity contribution < 1.29 is 9.53 Å². The van der Waals surface area contributed by atoms with E-state index in [-0.39, 0.29) is 18.4 Å². The molecular formula is C11H14ClNO2. The lowest BCUT2D eigenvalue weighted by Gasteiger charge is -1.96. The van der Waals surface area contributed by atoms with Crippen LogP contribution in [0.15, 0.2) is 30.3 Å². The zero-order valence-corrected chi connectivity index (χ0v) is 9.29. The maximum atomic E-state index is 10.9. The van der Waals surface area contributed by atoms with Crippen molar-refractivity contribution in [2.24, 2.45) is 0 Å². The van der Waals surface area contributed by atoms with Gasteiger partial charge in [-0.2, -0.15) is 0 Å². The first kappa shape index (κ1) is 13.5. The molecule has 4 heteroatoms. The van der Waals surface area contributed by atoms with Gasteiger partial charge in [-0.15, -0.1) is 12.4 Å². The van der Waals surface area contributed by atoms with Crippen molar-refractivity contribution >= 4 is 30.1 Å². The molecule has 0 fully saturated rings. The SMILES string of the molecule is CCOC(=O)C=Cc1ccc(N)cc1.Cl. The fourth-order valence-electron chi connectivity index (χ4n) is 0.962. The Kier molecular flexibility index (Phi) is 6.22. The smallest absolute Gasteiger partial charge is 0.330 e. The molecule has 0 radical (unpaired) electrons. The maximum absolute atomic E-state index is 10.9. The average Bonchev–Trinajstić information content (AvgIpc) is 2.17. The molecule has 1 rings (SSSR count). The minimum Gasteiger partial charge on any atom is -0.463 e. The number of benzene rings is 1. The van der Waals surface area contributed by atoms with E-state index >= 15 is 0 Å². The predicted octanol–water partition coefficient (Wildman–Crippen LogP) is 2.27. The number of carbonyl (C=O) groups is 1. The molecule has 2 N–H and O–H groups in total. The van der Waals surface area contributed by atoms with Gasteiger partial charge in [0.2, 0.25) is 0 Å². The molecule has 1 aromatic carbocycles. The second-order valence-corrected chi connectivity index (χ2v) is 2.75. The lowest BCUT2D eigenvalue weighted by molar-refractivity contribution is -0.137. The molecule has 0 saturated carbocycles. The Morgan fingerprint density at radius 1 is 1.40 bits per heavy atom. The highest BCUT2D eigenvalue weighted by atomic mass is 35.5. The maximum Gasteiger partial charge on any atom is 0.330 e. The highest BCUT2D eigenvalue weighted by Gasteiger charge is 1.93. The number of rotatable bonds is 3. The van der Waals surface area contributed by atoms with Crippen LogP contribution in [0.1, 0.15) is 12.5 Å². The van der Waals surface area contributed by atoms with Crippen LogP contribution in [0.3, 0.4) is 0 Å². The summed E-state index contributed by atoms with van der Waals surface area (Å²) in [6.07, 6.45) is 3.09. The van der Waals surface area contributed by atoms with Gasteiger partial charge in [-0.25, -0.2) is 4.79 Å². The number of halogens is 1. The van der Waals surface area contributed by atoms with Crippen LogP contribution in [0.25, 0.3) is 6.08 Å². The van der Waals surface area contributed by atoms with Gasteiger partial charge < -0.3 is 10.5 Å². The number of hydrogen-bond donors (Lipinski definition) is 1. The fraction of sp³-hybridized carbons (Fsp3) is 0.182. The normalized spacial score (nSPS) is 9.67. The quantitative estimate of drug-likeness (QED) is 0.490. The minimum atomic E-state index is -0.329. The summed E-state index contributed by atoms with van der Waals surface area (Å²) in [5.41, 5.74) is 7.14. The van der Waals surface area contributed by atoms with Gasteiger partial charge in [0, 0.05) is 11.8 Å². The molecule has 15 heavy (non-hydrogen) atoms. The van der Waals surface area contributed by atoms with Crippen LogP contribution in [0, 0.1) is 0 Å². The Morgan fingerprint density at radius 3 is 2.53 bits per heavy atom. The molecule has 0 amide bonds. The van der Waals surface area contributed by atoms with E-state index in [1.54, 1.807) is 25.1 Å². The van der Waals surface area contributed by atoms with Crippen molar-refractivity contribution in [1.29, 1.82) is 0 Å². The zero-order chi connectivity index (χ0) is 10.4. The van der Waals surface area contributed by atoms with E-state index < -0.39 is 0 Å². The number of anilines is 1. The Balaban J connectivity index is 0.00000196. The molecule has 0 bridgehead atoms. The molecule has 0 aliphatic heterocycles. The van der Waals surface area contributed by atoms with Crippen LogP contribution in [0.5, 0.6) is 0 Å². The number of nitrogen functional groups attached to an aromatic ring is 1. The van der Waals surface area contributed by atoms with Crippen molar-refractivity contribution in [2.45, 2.75) is 6.92 Å². The third-order valence-electron chi connectivity index (χ3n) is 1.63. The molecule has 0 spiro atoms. The van der Waals surface area contributed by atoms with Crippen molar-refractivity contribution in [3.63, 3.8) is 0 Å². The van der Waals surface area contributed by atoms with Gasteiger partial charge in [-0.05, 0) is 30.7 Å². The summed E-state index contributed by atoms with van der Waals surface area (Å²) in [6, 6.07) is 7.24. The molecular weight excluding hydrogens is 214 g/mol. The van der Waals surface area contributed by atoms with E-state index in [0.29, 0.717) is 12.3 Å². The van der Waals surface area contributed by atoms with Gasteiger partial charge >= 0.3 is 5.97 Å². The van der Waals surface area contributed by atoms with E-state index in [2.05, 4.69) is 0 Å². The minimum absolute atomic E-state index is 0. The topological polar surface area (TPSA) is 52.3 Å². The van der Waals surface area contributed by atoms with Crippen LogP contribution < -0.4 is 5.73 Å². The molecule has 0 atom stereocenters. The van der Waals surface area contributed by atoms with E-state index in [4.69, 9.17) is 10.5 Å². The summed E-state index contributed by atoms with van der Waals surface area (Å²) in [5.74, 6) is -0.329. The van der Waals surface area contributed by atoms with E-state index in [9.17, 15) is 4.79 Å². The van der Waals surface area contributed by atoms with E-state index in [1.165, 1.54) is 6.08 Å². The van der Waals surface area contributed by atoms with Gasteiger partial charge in [0.15, 0.2) is 0 Å².